The van der Waals surface area contributed by atoms with E-state index >= 15 is 0 Å². The summed E-state index contributed by atoms with van der Waals surface area (Å²) in [6.07, 6.45) is 1.42. The fourth-order valence-electron chi connectivity index (χ4n) is 2.38. The highest BCUT2D eigenvalue weighted by atomic mass is 16.5. The van der Waals surface area contributed by atoms with E-state index in [1.807, 2.05) is 0 Å². The molecule has 1 aliphatic rings. The predicted molar refractivity (Wildman–Crippen MR) is 83.9 cm³/mol. The van der Waals surface area contributed by atoms with Crippen LogP contribution in [0.1, 0.15) is 15.9 Å². The van der Waals surface area contributed by atoms with Gasteiger partial charge in [-0.1, -0.05) is 0 Å². The van der Waals surface area contributed by atoms with Crippen molar-refractivity contribution in [3.8, 4) is 34.5 Å². The molecule has 3 N–H and O–H groups in total. The van der Waals surface area contributed by atoms with Crippen LogP contribution in [0.3, 0.4) is 0 Å². The van der Waals surface area contributed by atoms with E-state index in [9.17, 15) is 20.1 Å². The lowest BCUT2D eigenvalue weighted by atomic mass is 10.1. The monoisotopic (exact) mass is 330 g/mol. The van der Waals surface area contributed by atoms with Crippen molar-refractivity contribution in [3.05, 3.63) is 41.2 Å². The minimum Gasteiger partial charge on any atom is -0.504 e. The normalized spacial score (nSPS) is 14.4. The zero-order valence-electron chi connectivity index (χ0n) is 12.9. The highest BCUT2D eigenvalue weighted by Crippen LogP contribution is 2.44. The van der Waals surface area contributed by atoms with Crippen LogP contribution in [-0.2, 0) is 0 Å². The Kier molecular flexibility index (Phi) is 3.69. The van der Waals surface area contributed by atoms with Crippen molar-refractivity contribution in [2.75, 3.05) is 14.2 Å². The number of allylic oxidation sites excluding steroid dienone is 1. The number of benzene rings is 2. The maximum atomic E-state index is 12.3. The van der Waals surface area contributed by atoms with Crippen molar-refractivity contribution >= 4 is 11.9 Å². The summed E-state index contributed by atoms with van der Waals surface area (Å²) in [5.41, 5.74) is 0.635. The first kappa shape index (κ1) is 15.5. The van der Waals surface area contributed by atoms with E-state index < -0.39 is 11.5 Å². The molecule has 0 saturated carbocycles. The number of Topliss-reactive ketones (excluding diaryl/α,β-unsaturated/α-hetero) is 1. The van der Waals surface area contributed by atoms with Gasteiger partial charge in [-0.2, -0.15) is 0 Å². The average Bonchev–Trinajstić information content (AvgIpc) is 2.89. The zero-order chi connectivity index (χ0) is 17.4. The summed E-state index contributed by atoms with van der Waals surface area (Å²) in [5.74, 6) is -1.27. The summed E-state index contributed by atoms with van der Waals surface area (Å²) < 4.78 is 15.5. The number of hydrogen-bond acceptors (Lipinski definition) is 7. The molecule has 2 aromatic carbocycles. The molecule has 3 rings (SSSR count). The molecule has 0 radical (unpaired) electrons. The summed E-state index contributed by atoms with van der Waals surface area (Å²) >= 11 is 0. The quantitative estimate of drug-likeness (QED) is 0.586. The number of aromatic hydroxyl groups is 3. The van der Waals surface area contributed by atoms with Gasteiger partial charge in [0.05, 0.1) is 19.8 Å². The molecule has 0 aliphatic carbocycles. The molecule has 7 nitrogen and oxygen atoms in total. The second-order valence-electron chi connectivity index (χ2n) is 5.02. The summed E-state index contributed by atoms with van der Waals surface area (Å²) in [4.78, 5) is 12.3. The lowest BCUT2D eigenvalue weighted by Crippen LogP contribution is -1.98. The Bertz CT molecular complexity index is 842. The Morgan fingerprint density at radius 3 is 2.21 bits per heavy atom. The average molecular weight is 330 g/mol. The van der Waals surface area contributed by atoms with Crippen LogP contribution in [0.15, 0.2) is 30.0 Å². The minimum atomic E-state index is -0.495. The van der Waals surface area contributed by atoms with Gasteiger partial charge < -0.3 is 29.5 Å². The smallest absolute Gasteiger partial charge is 0.232 e. The number of phenols is 3. The van der Waals surface area contributed by atoms with Gasteiger partial charge in [0.25, 0.3) is 0 Å². The first-order chi connectivity index (χ1) is 11.5. The number of rotatable bonds is 3. The van der Waals surface area contributed by atoms with E-state index in [2.05, 4.69) is 0 Å². The van der Waals surface area contributed by atoms with Gasteiger partial charge in [-0.05, 0) is 35.9 Å². The third-order valence-corrected chi connectivity index (χ3v) is 3.59. The molecule has 0 bridgehead atoms. The number of methoxy groups -OCH3 is 2. The van der Waals surface area contributed by atoms with Crippen LogP contribution in [0.4, 0.5) is 0 Å². The number of ketones is 1. The summed E-state index contributed by atoms with van der Waals surface area (Å²) in [6.45, 7) is 0. The predicted octanol–water partition coefficient (Wildman–Crippen LogP) is 2.44. The number of ether oxygens (including phenoxy) is 3. The van der Waals surface area contributed by atoms with Gasteiger partial charge in [-0.15, -0.1) is 0 Å². The lowest BCUT2D eigenvalue weighted by molar-refractivity contribution is 0.101. The zero-order valence-corrected chi connectivity index (χ0v) is 12.9. The SMILES string of the molecule is COc1cc(C=C2Oc3c(ccc(O)c3O)C2=O)cc(OC)c1O. The molecule has 2 aromatic rings. The maximum Gasteiger partial charge on any atom is 0.232 e. The second kappa shape index (κ2) is 5.69. The number of carbonyl (C=O) groups is 1. The van der Waals surface area contributed by atoms with Crippen LogP contribution < -0.4 is 14.2 Å². The van der Waals surface area contributed by atoms with Crippen LogP contribution in [0.25, 0.3) is 6.08 Å². The standard InChI is InChI=1S/C17H14O7/c1-22-11-5-8(6-12(23-2)16(11)21)7-13-14(19)9-3-4-10(18)15(20)17(9)24-13/h3-7,18,20-21H,1-2H3. The highest BCUT2D eigenvalue weighted by molar-refractivity contribution is 6.15. The molecule has 124 valence electrons. The number of hydrogen-bond donors (Lipinski definition) is 3. The van der Waals surface area contributed by atoms with Gasteiger partial charge in [-0.3, -0.25) is 4.79 Å². The summed E-state index contributed by atoms with van der Waals surface area (Å²) in [5, 5.41) is 29.2. The van der Waals surface area contributed by atoms with Gasteiger partial charge >= 0.3 is 0 Å². The molecule has 1 heterocycles. The molecule has 7 heteroatoms. The third kappa shape index (κ3) is 2.36. The van der Waals surface area contributed by atoms with E-state index in [1.54, 1.807) is 0 Å². The molecule has 0 unspecified atom stereocenters. The van der Waals surface area contributed by atoms with Gasteiger partial charge in [0.15, 0.2) is 28.8 Å². The third-order valence-electron chi connectivity index (χ3n) is 3.59. The first-order valence-electron chi connectivity index (χ1n) is 6.90. The summed E-state index contributed by atoms with van der Waals surface area (Å²) in [6, 6.07) is 5.58. The molecular weight excluding hydrogens is 316 g/mol. The lowest BCUT2D eigenvalue weighted by Gasteiger charge is -2.09. The molecule has 0 atom stereocenters. The number of phenolic OH excluding ortho intramolecular Hbond substituents is 3. The van der Waals surface area contributed by atoms with Gasteiger partial charge in [-0.25, -0.2) is 0 Å². The first-order valence-corrected chi connectivity index (χ1v) is 6.90. The molecule has 0 aromatic heterocycles. The molecule has 0 saturated heterocycles. The molecule has 0 spiro atoms. The van der Waals surface area contributed by atoms with Gasteiger partial charge in [0.2, 0.25) is 17.3 Å². The van der Waals surface area contributed by atoms with E-state index in [0.717, 1.165) is 0 Å². The molecule has 1 aliphatic heterocycles. The molecule has 0 amide bonds. The van der Waals surface area contributed by atoms with Gasteiger partial charge in [0, 0.05) is 0 Å². The van der Waals surface area contributed by atoms with Crippen molar-refractivity contribution < 1.29 is 34.3 Å². The Morgan fingerprint density at radius 1 is 1.00 bits per heavy atom. The van der Waals surface area contributed by atoms with Gasteiger partial charge in [0.1, 0.15) is 0 Å². The van der Waals surface area contributed by atoms with Crippen LogP contribution in [0, 0.1) is 0 Å². The second-order valence-corrected chi connectivity index (χ2v) is 5.02. The Morgan fingerprint density at radius 2 is 1.62 bits per heavy atom. The fourth-order valence-corrected chi connectivity index (χ4v) is 2.38. The Labute approximate surface area is 137 Å². The van der Waals surface area contributed by atoms with Crippen LogP contribution >= 0.6 is 0 Å². The Hall–Kier alpha value is -3.35. The summed E-state index contributed by atoms with van der Waals surface area (Å²) in [7, 11) is 2.78. The van der Waals surface area contributed by atoms with E-state index in [4.69, 9.17) is 14.2 Å². The van der Waals surface area contributed by atoms with Crippen LogP contribution in [0.5, 0.6) is 34.5 Å². The van der Waals surface area contributed by atoms with Crippen molar-refractivity contribution in [3.63, 3.8) is 0 Å². The van der Waals surface area contributed by atoms with E-state index in [0.29, 0.717) is 5.56 Å². The maximum absolute atomic E-state index is 12.3. The minimum absolute atomic E-state index is 0.0410. The van der Waals surface area contributed by atoms with Crippen molar-refractivity contribution in [2.45, 2.75) is 0 Å². The van der Waals surface area contributed by atoms with E-state index in [-0.39, 0.29) is 40.1 Å². The molecule has 24 heavy (non-hydrogen) atoms. The largest absolute Gasteiger partial charge is 0.504 e. The molecular formula is C17H14O7. The van der Waals surface area contributed by atoms with E-state index in [1.165, 1.54) is 44.6 Å². The van der Waals surface area contributed by atoms with Crippen molar-refractivity contribution in [2.24, 2.45) is 0 Å². The van der Waals surface area contributed by atoms with Crippen LogP contribution in [-0.4, -0.2) is 35.3 Å². The van der Waals surface area contributed by atoms with Crippen molar-refractivity contribution in [1.82, 2.24) is 0 Å². The molecule has 0 fully saturated rings. The number of fused-ring (bicyclic) bond motifs is 1. The highest BCUT2D eigenvalue weighted by Gasteiger charge is 2.31. The Balaban J connectivity index is 2.05. The fraction of sp³-hybridized carbons (Fsp3) is 0.118. The van der Waals surface area contributed by atoms with Crippen LogP contribution in [0.2, 0.25) is 0 Å². The van der Waals surface area contributed by atoms with Crippen molar-refractivity contribution in [1.29, 1.82) is 0 Å². The number of carbonyl (C=O) groups excluding carboxylic acids is 1. The topological polar surface area (TPSA) is 105 Å².